The summed E-state index contributed by atoms with van der Waals surface area (Å²) in [7, 11) is 0. The summed E-state index contributed by atoms with van der Waals surface area (Å²) in [6, 6.07) is 0. The second kappa shape index (κ2) is 14.4. The topological polar surface area (TPSA) is 80.3 Å². The van der Waals surface area contributed by atoms with Gasteiger partial charge in [-0.1, -0.05) is 0 Å². The Balaban J connectivity index is -0.000000153. The second-order valence-electron chi connectivity index (χ2n) is 2.49. The number of hydrogen-bond acceptors (Lipinski definition) is 6. The van der Waals surface area contributed by atoms with E-state index in [1.165, 1.54) is 13.8 Å². The number of hydrogen-bond donors (Lipinski definition) is 2. The molecule has 0 saturated carbocycles. The van der Waals surface area contributed by atoms with Crippen LogP contribution in [0.4, 0.5) is 0 Å². The van der Waals surface area contributed by atoms with Crippen molar-refractivity contribution in [3.05, 3.63) is 0 Å². The monoisotopic (exact) mass is 360 g/mol. The molecule has 0 spiro atoms. The third kappa shape index (κ3) is 31.4. The molecule has 0 amide bonds. The van der Waals surface area contributed by atoms with Crippen molar-refractivity contribution >= 4 is 58.3 Å². The zero-order valence-electron chi connectivity index (χ0n) is 9.18. The third-order valence-electron chi connectivity index (χ3n) is 0.682. The van der Waals surface area contributed by atoms with Crippen LogP contribution in [0.3, 0.4) is 0 Å². The molecule has 0 aromatic rings. The average molecular weight is 359 g/mol. The van der Waals surface area contributed by atoms with Crippen LogP contribution in [0.2, 0.25) is 9.88 Å². The Kier molecular flexibility index (Phi) is 20.0. The summed E-state index contributed by atoms with van der Waals surface area (Å²) < 4.78 is 0. The molecule has 2 atom stereocenters. The van der Waals surface area contributed by atoms with Crippen LogP contribution in [0, 0.1) is 0 Å². The average Bonchev–Trinajstić information content (AvgIpc) is 2.06. The SMILES string of the molecule is CC(S)C(=O)[O-].CC(S)C(=O)[O-].[CH3][Sn+2][CH3]. The standard InChI is InChI=1S/2C3H6O2S.2CH3.Sn/c2*1-2(6)3(4)5;;;/h2*2,6H,1H3,(H,4,5);2*1H3;/q;;;;+2/p-2. The van der Waals surface area contributed by atoms with E-state index in [1.54, 1.807) is 0 Å². The first-order valence-corrected chi connectivity index (χ1v) is 10.8. The summed E-state index contributed by atoms with van der Waals surface area (Å²) in [5.41, 5.74) is 0. The molecule has 0 N–H and O–H groups in total. The Morgan fingerprint density at radius 1 is 1.00 bits per heavy atom. The number of rotatable bonds is 2. The van der Waals surface area contributed by atoms with Crippen molar-refractivity contribution in [2.45, 2.75) is 34.2 Å². The van der Waals surface area contributed by atoms with Crippen molar-refractivity contribution in [1.29, 1.82) is 0 Å². The van der Waals surface area contributed by atoms with E-state index in [-0.39, 0.29) is 21.1 Å². The Hall–Kier alpha value is 0.439. The van der Waals surface area contributed by atoms with Gasteiger partial charge < -0.3 is 19.8 Å². The maximum absolute atomic E-state index is 9.51. The Bertz CT molecular complexity index is 156. The molecule has 0 aliphatic carbocycles. The number of carbonyl (C=O) groups excluding carboxylic acids is 2. The van der Waals surface area contributed by atoms with Crippen molar-refractivity contribution in [1.82, 2.24) is 0 Å². The minimum atomic E-state index is -1.13. The normalized spacial score (nSPS) is 11.6. The van der Waals surface area contributed by atoms with Crippen LogP contribution in [0.15, 0.2) is 0 Å². The van der Waals surface area contributed by atoms with E-state index in [4.69, 9.17) is 0 Å². The Labute approximate surface area is 112 Å². The van der Waals surface area contributed by atoms with Crippen LogP contribution in [-0.2, 0) is 9.59 Å². The fraction of sp³-hybridized carbons (Fsp3) is 0.750. The van der Waals surface area contributed by atoms with Crippen LogP contribution >= 0.6 is 25.3 Å². The van der Waals surface area contributed by atoms with Gasteiger partial charge in [0.05, 0.1) is 11.9 Å². The van der Waals surface area contributed by atoms with Crippen LogP contribution in [0.25, 0.3) is 0 Å². The summed E-state index contributed by atoms with van der Waals surface area (Å²) >= 11 is 7.29. The fourth-order valence-electron chi connectivity index (χ4n) is 0. The minimum absolute atomic E-state index is 0.230. The quantitative estimate of drug-likeness (QED) is 0.485. The molecular weight excluding hydrogens is 343 g/mol. The van der Waals surface area contributed by atoms with E-state index in [9.17, 15) is 19.8 Å². The van der Waals surface area contributed by atoms with Gasteiger partial charge in [-0.15, -0.1) is 0 Å². The van der Waals surface area contributed by atoms with Gasteiger partial charge >= 0.3 is 31.0 Å². The summed E-state index contributed by atoms with van der Waals surface area (Å²) in [4.78, 5) is 23.6. The molecule has 0 heterocycles. The van der Waals surface area contributed by atoms with Crippen LogP contribution in [0.1, 0.15) is 13.8 Å². The van der Waals surface area contributed by atoms with Crippen molar-refractivity contribution in [2.24, 2.45) is 0 Å². The number of carbonyl (C=O) groups is 2. The summed E-state index contributed by atoms with van der Waals surface area (Å²) in [6.07, 6.45) is 0. The fourth-order valence-corrected chi connectivity index (χ4v) is 0. The van der Waals surface area contributed by atoms with E-state index in [0.29, 0.717) is 0 Å². The van der Waals surface area contributed by atoms with Gasteiger partial charge in [0.15, 0.2) is 0 Å². The molecule has 4 nitrogen and oxygen atoms in total. The molecule has 88 valence electrons. The molecular formula is C8H16O4S2Sn. The first-order valence-electron chi connectivity index (χ1n) is 4.06. The van der Waals surface area contributed by atoms with Gasteiger partial charge in [-0.05, 0) is 13.8 Å². The van der Waals surface area contributed by atoms with Crippen molar-refractivity contribution in [3.63, 3.8) is 0 Å². The van der Waals surface area contributed by atoms with Crippen LogP contribution in [0.5, 0.6) is 0 Å². The van der Waals surface area contributed by atoms with Gasteiger partial charge in [0.1, 0.15) is 0 Å². The van der Waals surface area contributed by atoms with E-state index in [0.717, 1.165) is 0 Å². The van der Waals surface area contributed by atoms with Gasteiger partial charge in [0, 0.05) is 10.5 Å². The molecule has 0 bridgehead atoms. The first-order chi connectivity index (χ1) is 6.70. The molecule has 0 aliphatic heterocycles. The zero-order valence-corrected chi connectivity index (χ0v) is 13.8. The predicted octanol–water partition coefficient (Wildman–Crippen LogP) is -1.10. The third-order valence-corrected chi connectivity index (χ3v) is 1.10. The molecule has 0 aliphatic rings. The molecule has 15 heavy (non-hydrogen) atoms. The Morgan fingerprint density at radius 2 is 1.07 bits per heavy atom. The number of thiol groups is 2. The predicted molar refractivity (Wildman–Crippen MR) is 64.4 cm³/mol. The molecule has 7 heteroatoms. The van der Waals surface area contributed by atoms with Crippen LogP contribution in [-0.4, -0.2) is 43.6 Å². The van der Waals surface area contributed by atoms with E-state index >= 15 is 0 Å². The van der Waals surface area contributed by atoms with E-state index < -0.39 is 22.4 Å². The molecule has 0 fully saturated rings. The number of carboxylic acid groups (broad SMARTS) is 2. The number of carboxylic acids is 2. The first kappa shape index (κ1) is 20.8. The Morgan fingerprint density at radius 3 is 1.07 bits per heavy atom. The second-order valence-corrected chi connectivity index (χ2v) is 6.89. The van der Waals surface area contributed by atoms with Gasteiger partial charge in [0.25, 0.3) is 0 Å². The molecule has 0 radical (unpaired) electrons. The zero-order chi connectivity index (χ0) is 13.0. The van der Waals surface area contributed by atoms with Crippen LogP contribution < -0.4 is 10.2 Å². The van der Waals surface area contributed by atoms with Gasteiger partial charge in [-0.2, -0.15) is 25.3 Å². The number of aliphatic carboxylic acids is 2. The van der Waals surface area contributed by atoms with Crippen molar-refractivity contribution in [2.75, 3.05) is 0 Å². The summed E-state index contributed by atoms with van der Waals surface area (Å²) in [5, 5.41) is 17.7. The van der Waals surface area contributed by atoms with E-state index in [2.05, 4.69) is 35.1 Å². The molecule has 0 saturated heterocycles. The van der Waals surface area contributed by atoms with E-state index in [1.807, 2.05) is 0 Å². The van der Waals surface area contributed by atoms with Gasteiger partial charge in [-0.25, -0.2) is 0 Å². The van der Waals surface area contributed by atoms with Gasteiger partial charge in [-0.3, -0.25) is 0 Å². The molecule has 2 unspecified atom stereocenters. The van der Waals surface area contributed by atoms with Gasteiger partial charge in [0.2, 0.25) is 0 Å². The molecule has 0 aromatic heterocycles. The molecule has 0 rings (SSSR count). The molecule has 0 aromatic carbocycles. The van der Waals surface area contributed by atoms with Crippen molar-refractivity contribution < 1.29 is 19.8 Å². The maximum atomic E-state index is 9.51. The summed E-state index contributed by atoms with van der Waals surface area (Å²) in [6.45, 7) is 2.89. The van der Waals surface area contributed by atoms with Crippen molar-refractivity contribution in [3.8, 4) is 0 Å². The summed E-state index contributed by atoms with van der Waals surface area (Å²) in [5.74, 6) is -2.25.